The lowest BCUT2D eigenvalue weighted by Gasteiger charge is -2.60. The van der Waals surface area contributed by atoms with Crippen molar-refractivity contribution in [1.29, 1.82) is 0 Å². The van der Waals surface area contributed by atoms with Crippen molar-refractivity contribution < 1.29 is 14.6 Å². The summed E-state index contributed by atoms with van der Waals surface area (Å²) in [4.78, 5) is 12.1. The Morgan fingerprint density at radius 3 is 2.75 bits per heavy atom. The van der Waals surface area contributed by atoms with Crippen molar-refractivity contribution in [2.24, 2.45) is 5.41 Å². The van der Waals surface area contributed by atoms with E-state index in [4.69, 9.17) is 4.74 Å². The number of urea groups is 1. The van der Waals surface area contributed by atoms with E-state index in [9.17, 15) is 9.90 Å². The molecule has 1 aromatic carbocycles. The van der Waals surface area contributed by atoms with Crippen LogP contribution in [0.15, 0.2) is 30.3 Å². The molecule has 1 aromatic rings. The van der Waals surface area contributed by atoms with Gasteiger partial charge in [-0.2, -0.15) is 0 Å². The second-order valence-electron chi connectivity index (χ2n) is 7.02. The molecule has 2 saturated carbocycles. The second kappa shape index (κ2) is 7.53. The minimum Gasteiger partial charge on any atom is -0.391 e. The number of hydrogen-bond donors (Lipinski definition) is 3. The van der Waals surface area contributed by atoms with Crippen LogP contribution in [0.25, 0.3) is 0 Å². The first-order valence-electron chi connectivity index (χ1n) is 9.02. The van der Waals surface area contributed by atoms with Crippen LogP contribution >= 0.6 is 0 Å². The van der Waals surface area contributed by atoms with Crippen molar-refractivity contribution >= 4 is 6.03 Å². The van der Waals surface area contributed by atoms with E-state index < -0.39 is 6.10 Å². The van der Waals surface area contributed by atoms with E-state index in [1.54, 1.807) is 0 Å². The van der Waals surface area contributed by atoms with Gasteiger partial charge in [0.05, 0.1) is 12.2 Å². The molecule has 5 nitrogen and oxygen atoms in total. The van der Waals surface area contributed by atoms with Crippen molar-refractivity contribution in [2.45, 2.75) is 57.3 Å². The largest absolute Gasteiger partial charge is 0.391 e. The van der Waals surface area contributed by atoms with Gasteiger partial charge in [0, 0.05) is 31.0 Å². The molecule has 3 rings (SSSR count). The third-order valence-electron chi connectivity index (χ3n) is 5.56. The van der Waals surface area contributed by atoms with Crippen LogP contribution in [-0.2, 0) is 11.2 Å². The Morgan fingerprint density at radius 2 is 2.12 bits per heavy atom. The topological polar surface area (TPSA) is 70.6 Å². The van der Waals surface area contributed by atoms with Crippen LogP contribution in [0.3, 0.4) is 0 Å². The number of nitrogens with one attached hydrogen (secondary N) is 2. The van der Waals surface area contributed by atoms with Crippen LogP contribution in [-0.4, -0.2) is 42.5 Å². The summed E-state index contributed by atoms with van der Waals surface area (Å²) in [6.07, 6.45) is 4.66. The van der Waals surface area contributed by atoms with E-state index in [2.05, 4.69) is 10.6 Å². The summed E-state index contributed by atoms with van der Waals surface area (Å²) in [5.74, 6) is 0. The first-order chi connectivity index (χ1) is 11.6. The van der Waals surface area contributed by atoms with Gasteiger partial charge in [-0.05, 0) is 31.7 Å². The molecule has 3 N–H and O–H groups in total. The summed E-state index contributed by atoms with van der Waals surface area (Å²) >= 11 is 0. The van der Waals surface area contributed by atoms with Crippen molar-refractivity contribution in [3.8, 4) is 0 Å². The van der Waals surface area contributed by atoms with Crippen LogP contribution in [0.2, 0.25) is 0 Å². The van der Waals surface area contributed by atoms with Crippen molar-refractivity contribution in [3.63, 3.8) is 0 Å². The maximum atomic E-state index is 12.1. The van der Waals surface area contributed by atoms with Gasteiger partial charge >= 0.3 is 6.03 Å². The number of aliphatic hydroxyl groups excluding tert-OH is 1. The summed E-state index contributed by atoms with van der Waals surface area (Å²) < 4.78 is 5.80. The zero-order valence-corrected chi connectivity index (χ0v) is 14.3. The quantitative estimate of drug-likeness (QED) is 0.717. The Bertz CT molecular complexity index is 545. The second-order valence-corrected chi connectivity index (χ2v) is 7.02. The highest BCUT2D eigenvalue weighted by Crippen LogP contribution is 2.57. The normalized spacial score (nSPS) is 25.4. The Morgan fingerprint density at radius 1 is 1.38 bits per heavy atom. The number of aliphatic hydroxyl groups is 1. The minimum atomic E-state index is -0.576. The highest BCUT2D eigenvalue weighted by Gasteiger charge is 2.59. The van der Waals surface area contributed by atoms with Gasteiger partial charge in [0.15, 0.2) is 0 Å². The Balaban J connectivity index is 1.40. The van der Waals surface area contributed by atoms with Crippen LogP contribution in [0.4, 0.5) is 4.79 Å². The highest BCUT2D eigenvalue weighted by molar-refractivity contribution is 5.74. The zero-order chi connectivity index (χ0) is 17.0. The van der Waals surface area contributed by atoms with Gasteiger partial charge < -0.3 is 20.5 Å². The number of rotatable bonds is 7. The van der Waals surface area contributed by atoms with Gasteiger partial charge in [-0.15, -0.1) is 0 Å². The average molecular weight is 332 g/mol. The lowest BCUT2D eigenvalue weighted by atomic mass is 9.51. The minimum absolute atomic E-state index is 0.163. The summed E-state index contributed by atoms with van der Waals surface area (Å²) in [5, 5.41) is 15.9. The van der Waals surface area contributed by atoms with Crippen LogP contribution < -0.4 is 10.6 Å². The Labute approximate surface area is 143 Å². The molecule has 5 heteroatoms. The van der Waals surface area contributed by atoms with E-state index in [1.807, 2.05) is 37.3 Å². The van der Waals surface area contributed by atoms with Crippen LogP contribution in [0.1, 0.15) is 38.2 Å². The van der Waals surface area contributed by atoms with Gasteiger partial charge in [0.1, 0.15) is 0 Å². The molecular formula is C19H28N2O3. The molecular weight excluding hydrogens is 304 g/mol. The molecule has 132 valence electrons. The molecule has 0 heterocycles. The molecule has 0 bridgehead atoms. The van der Waals surface area contributed by atoms with Gasteiger partial charge in [0.25, 0.3) is 0 Å². The molecule has 2 aliphatic rings. The van der Waals surface area contributed by atoms with E-state index in [1.165, 1.54) is 6.42 Å². The number of benzene rings is 1. The van der Waals surface area contributed by atoms with Crippen molar-refractivity contribution in [1.82, 2.24) is 10.6 Å². The van der Waals surface area contributed by atoms with Gasteiger partial charge in [-0.25, -0.2) is 4.79 Å². The fourth-order valence-electron chi connectivity index (χ4n) is 4.02. The first-order valence-corrected chi connectivity index (χ1v) is 9.02. The van der Waals surface area contributed by atoms with E-state index >= 15 is 0 Å². The standard InChI is InChI=1S/C19H28N2O3/c1-2-24-17-12-16(19(17)9-6-10-19)21-18(23)20-13-15(22)11-14-7-4-3-5-8-14/h3-5,7-8,15-17,22H,2,6,9-13H2,1H3,(H2,20,21,23). The Hall–Kier alpha value is -1.59. The first kappa shape index (κ1) is 17.2. The fourth-order valence-corrected chi connectivity index (χ4v) is 4.02. The molecule has 0 radical (unpaired) electrons. The molecule has 0 saturated heterocycles. The smallest absolute Gasteiger partial charge is 0.315 e. The molecule has 24 heavy (non-hydrogen) atoms. The van der Waals surface area contributed by atoms with Gasteiger partial charge in [-0.1, -0.05) is 36.8 Å². The number of amides is 2. The fraction of sp³-hybridized carbons (Fsp3) is 0.632. The third-order valence-corrected chi connectivity index (χ3v) is 5.56. The number of carbonyl (C=O) groups excluding carboxylic acids is 1. The third kappa shape index (κ3) is 3.57. The molecule has 2 amide bonds. The van der Waals surface area contributed by atoms with Crippen LogP contribution in [0.5, 0.6) is 0 Å². The van der Waals surface area contributed by atoms with E-state index in [0.717, 1.165) is 31.4 Å². The maximum absolute atomic E-state index is 12.1. The molecule has 2 aliphatic carbocycles. The molecule has 0 aromatic heterocycles. The average Bonchev–Trinajstić information content (AvgIpc) is 2.51. The van der Waals surface area contributed by atoms with Gasteiger partial charge in [0.2, 0.25) is 0 Å². The number of ether oxygens (including phenoxy) is 1. The molecule has 2 fully saturated rings. The lowest BCUT2D eigenvalue weighted by molar-refractivity contribution is -0.169. The zero-order valence-electron chi connectivity index (χ0n) is 14.3. The predicted octanol–water partition coefficient (Wildman–Crippen LogP) is 2.24. The lowest BCUT2D eigenvalue weighted by Crippen LogP contribution is -2.68. The summed E-state index contributed by atoms with van der Waals surface area (Å²) in [5.41, 5.74) is 1.23. The van der Waals surface area contributed by atoms with E-state index in [0.29, 0.717) is 12.5 Å². The number of hydrogen-bond acceptors (Lipinski definition) is 3. The predicted molar refractivity (Wildman–Crippen MR) is 92.8 cm³/mol. The van der Waals surface area contributed by atoms with Crippen molar-refractivity contribution in [2.75, 3.05) is 13.2 Å². The molecule has 1 spiro atoms. The molecule has 3 unspecified atom stereocenters. The SMILES string of the molecule is CCOC1CC(NC(=O)NCC(O)Cc2ccccc2)C12CCC2. The summed E-state index contributed by atoms with van der Waals surface area (Å²) in [6, 6.07) is 9.82. The summed E-state index contributed by atoms with van der Waals surface area (Å²) in [6.45, 7) is 3.01. The highest BCUT2D eigenvalue weighted by atomic mass is 16.5. The Kier molecular flexibility index (Phi) is 5.41. The monoisotopic (exact) mass is 332 g/mol. The maximum Gasteiger partial charge on any atom is 0.315 e. The molecule has 3 atom stereocenters. The van der Waals surface area contributed by atoms with Crippen LogP contribution in [0, 0.1) is 5.41 Å². The molecule has 0 aliphatic heterocycles. The van der Waals surface area contributed by atoms with Crippen molar-refractivity contribution in [3.05, 3.63) is 35.9 Å². The summed E-state index contributed by atoms with van der Waals surface area (Å²) in [7, 11) is 0. The van der Waals surface area contributed by atoms with E-state index in [-0.39, 0.29) is 24.0 Å². The van der Waals surface area contributed by atoms with Gasteiger partial charge in [-0.3, -0.25) is 0 Å². The number of carbonyl (C=O) groups is 1.